The molecular formula is C4H7ClN4O2. The minimum atomic E-state index is -0.509. The maximum Gasteiger partial charge on any atom is 1.00 e. The van der Waals surface area contributed by atoms with Crippen LogP contribution in [0.4, 0.5) is 11.6 Å². The SMILES string of the molecule is Nc1nc(O)c(N)c(O)n1.[Cl-].[H+]. The molecule has 0 spiro atoms. The van der Waals surface area contributed by atoms with Crippen molar-refractivity contribution in [3.05, 3.63) is 0 Å². The van der Waals surface area contributed by atoms with Crippen molar-refractivity contribution in [1.82, 2.24) is 9.97 Å². The molecule has 7 heteroatoms. The molecule has 1 aromatic rings. The summed E-state index contributed by atoms with van der Waals surface area (Å²) in [6, 6.07) is 0. The highest BCUT2D eigenvalue weighted by atomic mass is 35.5. The molecule has 0 bridgehead atoms. The molecular weight excluding hydrogens is 172 g/mol. The average molecular weight is 179 g/mol. The van der Waals surface area contributed by atoms with Crippen molar-refractivity contribution in [3.63, 3.8) is 0 Å². The summed E-state index contributed by atoms with van der Waals surface area (Å²) in [7, 11) is 0. The topological polar surface area (TPSA) is 118 Å². The number of rotatable bonds is 0. The van der Waals surface area contributed by atoms with Crippen molar-refractivity contribution in [2.75, 3.05) is 11.5 Å². The molecule has 6 N–H and O–H groups in total. The van der Waals surface area contributed by atoms with Crippen LogP contribution in [0.3, 0.4) is 0 Å². The Morgan fingerprint density at radius 2 is 1.45 bits per heavy atom. The molecule has 0 aliphatic rings. The highest BCUT2D eigenvalue weighted by Gasteiger charge is 2.06. The van der Waals surface area contributed by atoms with Crippen LogP contribution < -0.4 is 23.9 Å². The summed E-state index contributed by atoms with van der Waals surface area (Å²) in [5.74, 6) is -1.24. The van der Waals surface area contributed by atoms with Gasteiger partial charge in [-0.1, -0.05) is 0 Å². The zero-order chi connectivity index (χ0) is 7.72. The van der Waals surface area contributed by atoms with Gasteiger partial charge in [-0.25, -0.2) is 0 Å². The summed E-state index contributed by atoms with van der Waals surface area (Å²) < 4.78 is 0. The van der Waals surface area contributed by atoms with Gasteiger partial charge in [0, 0.05) is 0 Å². The minimum Gasteiger partial charge on any atom is -1.00 e. The van der Waals surface area contributed by atoms with Crippen LogP contribution in [-0.4, -0.2) is 20.2 Å². The van der Waals surface area contributed by atoms with Crippen LogP contribution in [-0.2, 0) is 0 Å². The molecule has 0 atom stereocenters. The molecule has 0 saturated carbocycles. The molecule has 0 aromatic carbocycles. The van der Waals surface area contributed by atoms with Gasteiger partial charge in [0.15, 0.2) is 5.69 Å². The average Bonchev–Trinajstić information content (AvgIpc) is 1.82. The van der Waals surface area contributed by atoms with Crippen LogP contribution in [0.2, 0.25) is 0 Å². The lowest BCUT2D eigenvalue weighted by Crippen LogP contribution is -3.00. The number of hydrogen-bond donors (Lipinski definition) is 4. The second kappa shape index (κ2) is 3.11. The maximum atomic E-state index is 8.76. The first-order valence-electron chi connectivity index (χ1n) is 2.42. The minimum absolute atomic E-state index is 0. The molecule has 0 fully saturated rings. The van der Waals surface area contributed by atoms with Gasteiger partial charge < -0.3 is 34.1 Å². The fourth-order valence-electron chi connectivity index (χ4n) is 0.462. The quantitative estimate of drug-likeness (QED) is 0.323. The normalized spacial score (nSPS) is 8.73. The molecule has 0 unspecified atom stereocenters. The molecule has 6 nitrogen and oxygen atoms in total. The van der Waals surface area contributed by atoms with Crippen molar-refractivity contribution in [2.24, 2.45) is 0 Å². The van der Waals surface area contributed by atoms with E-state index in [1.165, 1.54) is 0 Å². The van der Waals surface area contributed by atoms with Crippen LogP contribution >= 0.6 is 0 Å². The van der Waals surface area contributed by atoms with Gasteiger partial charge in [0.1, 0.15) is 0 Å². The van der Waals surface area contributed by atoms with Crippen LogP contribution in [0.15, 0.2) is 0 Å². The summed E-state index contributed by atoms with van der Waals surface area (Å²) >= 11 is 0. The summed E-state index contributed by atoms with van der Waals surface area (Å²) in [6.07, 6.45) is 0. The highest BCUT2D eigenvalue weighted by Crippen LogP contribution is 2.25. The molecule has 1 rings (SSSR count). The third-order valence-electron chi connectivity index (χ3n) is 0.923. The third kappa shape index (κ3) is 1.74. The molecule has 11 heavy (non-hydrogen) atoms. The van der Waals surface area contributed by atoms with Gasteiger partial charge in [0.05, 0.1) is 0 Å². The standard InChI is InChI=1S/C4H6N4O2.ClH/c5-1-2(9)7-4(6)8-3(1)10;/h5H2,(H4,6,7,8,9,10);1H. The number of hydrogen-bond acceptors (Lipinski definition) is 6. The number of nitrogens with two attached hydrogens (primary N) is 2. The lowest BCUT2D eigenvalue weighted by atomic mass is 10.5. The predicted molar refractivity (Wildman–Crippen MR) is 35.3 cm³/mol. The van der Waals surface area contributed by atoms with E-state index < -0.39 is 11.8 Å². The predicted octanol–water partition coefficient (Wildman–Crippen LogP) is -3.83. The number of halogens is 1. The maximum absolute atomic E-state index is 8.76. The summed E-state index contributed by atoms with van der Waals surface area (Å²) in [6.45, 7) is 0. The molecule has 62 valence electrons. The number of nitrogen functional groups attached to an aromatic ring is 2. The van der Waals surface area contributed by atoms with Crippen LogP contribution in [0, 0.1) is 0 Å². The fraction of sp³-hybridized carbons (Fsp3) is 0. The zero-order valence-electron chi connectivity index (χ0n) is 6.32. The Morgan fingerprint density at radius 1 is 1.09 bits per heavy atom. The monoisotopic (exact) mass is 178 g/mol. The van der Waals surface area contributed by atoms with Crippen LogP contribution in [0.1, 0.15) is 1.43 Å². The third-order valence-corrected chi connectivity index (χ3v) is 0.923. The Morgan fingerprint density at radius 3 is 1.82 bits per heavy atom. The van der Waals surface area contributed by atoms with Gasteiger partial charge in [-0.05, 0) is 0 Å². The van der Waals surface area contributed by atoms with E-state index in [1.807, 2.05) is 0 Å². The van der Waals surface area contributed by atoms with Crippen molar-refractivity contribution in [2.45, 2.75) is 0 Å². The molecule has 1 aromatic heterocycles. The summed E-state index contributed by atoms with van der Waals surface area (Å²) in [4.78, 5) is 6.54. The second-order valence-corrected chi connectivity index (χ2v) is 1.64. The van der Waals surface area contributed by atoms with Crippen molar-refractivity contribution in [3.8, 4) is 11.8 Å². The second-order valence-electron chi connectivity index (χ2n) is 1.64. The molecule has 0 amide bonds. The Kier molecular flexibility index (Phi) is 2.70. The van der Waals surface area contributed by atoms with Crippen molar-refractivity contribution in [1.29, 1.82) is 0 Å². The van der Waals surface area contributed by atoms with Gasteiger partial charge in [0.25, 0.3) is 0 Å². The first-order valence-corrected chi connectivity index (χ1v) is 2.42. The van der Waals surface area contributed by atoms with Gasteiger partial charge in [-0.3, -0.25) is 0 Å². The fourth-order valence-corrected chi connectivity index (χ4v) is 0.462. The largest absolute Gasteiger partial charge is 1.00 e. The first kappa shape index (κ1) is 9.57. The number of aromatic nitrogens is 2. The Labute approximate surface area is 69.8 Å². The highest BCUT2D eigenvalue weighted by molar-refractivity contribution is 5.56. The van der Waals surface area contributed by atoms with E-state index in [4.69, 9.17) is 21.7 Å². The van der Waals surface area contributed by atoms with E-state index in [1.54, 1.807) is 0 Å². The van der Waals surface area contributed by atoms with Gasteiger partial charge in [-0.15, -0.1) is 0 Å². The Hall–Kier alpha value is -1.43. The smallest absolute Gasteiger partial charge is 1.00 e. The van der Waals surface area contributed by atoms with Crippen molar-refractivity contribution < 1.29 is 24.0 Å². The van der Waals surface area contributed by atoms with E-state index in [0.717, 1.165) is 0 Å². The van der Waals surface area contributed by atoms with E-state index in [2.05, 4.69) is 9.97 Å². The number of anilines is 2. The van der Waals surface area contributed by atoms with E-state index >= 15 is 0 Å². The Bertz CT molecular complexity index is 248. The molecule has 0 saturated heterocycles. The van der Waals surface area contributed by atoms with E-state index in [0.29, 0.717) is 0 Å². The van der Waals surface area contributed by atoms with Gasteiger partial charge in [0.2, 0.25) is 17.7 Å². The Balaban J connectivity index is 0. The first-order chi connectivity index (χ1) is 4.61. The molecule has 0 aliphatic carbocycles. The van der Waals surface area contributed by atoms with Crippen LogP contribution in [0.25, 0.3) is 0 Å². The molecule has 0 radical (unpaired) electrons. The molecule has 1 heterocycles. The van der Waals surface area contributed by atoms with Gasteiger partial charge >= 0.3 is 1.43 Å². The van der Waals surface area contributed by atoms with Crippen molar-refractivity contribution >= 4 is 11.6 Å². The van der Waals surface area contributed by atoms with Gasteiger partial charge in [-0.2, -0.15) is 9.97 Å². The van der Waals surface area contributed by atoms with Crippen LogP contribution in [0.5, 0.6) is 11.8 Å². The summed E-state index contributed by atoms with van der Waals surface area (Å²) in [5, 5.41) is 17.5. The van der Waals surface area contributed by atoms with E-state index in [-0.39, 0.29) is 25.5 Å². The summed E-state index contributed by atoms with van der Waals surface area (Å²) in [5.41, 5.74) is 9.83. The lowest BCUT2D eigenvalue weighted by molar-refractivity contribution is -0.00000470. The lowest BCUT2D eigenvalue weighted by Gasteiger charge is -1.99. The number of nitrogens with zero attached hydrogens (tertiary/aromatic N) is 2. The van der Waals surface area contributed by atoms with E-state index in [9.17, 15) is 0 Å². The zero-order valence-corrected chi connectivity index (χ0v) is 6.08. The molecule has 0 aliphatic heterocycles. The number of aromatic hydroxyl groups is 2.